The molecule has 0 saturated carbocycles. The molecule has 0 spiro atoms. The van der Waals surface area contributed by atoms with E-state index in [0.29, 0.717) is 11.2 Å². The maximum absolute atomic E-state index is 12.9. The van der Waals surface area contributed by atoms with Gasteiger partial charge in [0.2, 0.25) is 0 Å². The highest BCUT2D eigenvalue weighted by molar-refractivity contribution is 14.2. The van der Waals surface area contributed by atoms with Crippen LogP contribution in [0.2, 0.25) is 0 Å². The fourth-order valence-electron chi connectivity index (χ4n) is 4.88. The number of hydrogen-bond acceptors (Lipinski definition) is 12. The van der Waals surface area contributed by atoms with Crippen LogP contribution in [0.15, 0.2) is 73.3 Å². The minimum absolute atomic E-state index is 0.0817. The number of carbonyl (C=O) groups excluding carboxylic acids is 3. The number of nitrogens with one attached hydrogen (secondary N) is 1. The molecule has 0 bridgehead atoms. The van der Waals surface area contributed by atoms with Gasteiger partial charge in [0.1, 0.15) is 19.0 Å². The summed E-state index contributed by atoms with van der Waals surface area (Å²) in [6, 6.07) is 18.1. The maximum Gasteiger partial charge on any atom is 0.303 e. The SMILES string of the molecule is CC(=O)OC[C@]1(COSI)OC(n2cnc3c(NC(=O)c4ccccc4)ncnc32)C(OC(C)=O)C1OCc1ccccc1. The highest BCUT2D eigenvalue weighted by Crippen LogP contribution is 2.44. The zero-order chi connectivity index (χ0) is 31.1. The van der Waals surface area contributed by atoms with E-state index < -0.39 is 36.0 Å². The summed E-state index contributed by atoms with van der Waals surface area (Å²) in [5, 5.41) is 2.77. The molecule has 1 N–H and O–H groups in total. The molecule has 3 unspecified atom stereocenters. The van der Waals surface area contributed by atoms with E-state index in [1.165, 1.54) is 26.5 Å². The number of imidazole rings is 1. The van der Waals surface area contributed by atoms with Crippen LogP contribution in [0, 0.1) is 0 Å². The Labute approximate surface area is 268 Å². The van der Waals surface area contributed by atoms with Crippen molar-refractivity contribution in [1.29, 1.82) is 0 Å². The van der Waals surface area contributed by atoms with Crippen molar-refractivity contribution in [2.45, 2.75) is 44.5 Å². The van der Waals surface area contributed by atoms with Crippen LogP contribution < -0.4 is 5.32 Å². The Kier molecular flexibility index (Phi) is 10.4. The fourth-order valence-corrected chi connectivity index (χ4v) is 5.50. The number of esters is 2. The molecule has 4 atom stereocenters. The first kappa shape index (κ1) is 31.8. The van der Waals surface area contributed by atoms with Gasteiger partial charge >= 0.3 is 11.9 Å². The number of nitrogens with zero attached hydrogens (tertiary/aromatic N) is 4. The average molecular weight is 734 g/mol. The minimum Gasteiger partial charge on any atom is -0.463 e. The third-order valence-electron chi connectivity index (χ3n) is 6.80. The molecule has 3 heterocycles. The summed E-state index contributed by atoms with van der Waals surface area (Å²) >= 11 is 1.97. The third-order valence-corrected chi connectivity index (χ3v) is 7.77. The van der Waals surface area contributed by atoms with Crippen molar-refractivity contribution in [2.75, 3.05) is 18.5 Å². The summed E-state index contributed by atoms with van der Waals surface area (Å²) in [6.45, 7) is 2.36. The van der Waals surface area contributed by atoms with Crippen molar-refractivity contribution in [1.82, 2.24) is 19.5 Å². The third kappa shape index (κ3) is 7.18. The van der Waals surface area contributed by atoms with Crippen LogP contribution >= 0.6 is 30.4 Å². The molecule has 230 valence electrons. The second-order valence-corrected chi connectivity index (χ2v) is 11.3. The van der Waals surface area contributed by atoms with E-state index in [-0.39, 0.29) is 37.1 Å². The van der Waals surface area contributed by atoms with Crippen LogP contribution in [-0.4, -0.2) is 68.4 Å². The van der Waals surface area contributed by atoms with E-state index in [0.717, 1.165) is 14.8 Å². The number of amides is 1. The van der Waals surface area contributed by atoms with Crippen molar-refractivity contribution in [3.63, 3.8) is 0 Å². The van der Waals surface area contributed by atoms with Crippen LogP contribution in [-0.2, 0) is 39.3 Å². The number of benzene rings is 2. The minimum atomic E-state index is -1.41. The monoisotopic (exact) mass is 733 g/mol. The standard InChI is InChI=1S/C29H28IN5O8S/c1-18(36)40-14-29(15-41-44-30)24(39-13-20-9-5-3-6-10-20)23(42-19(2)37)28(43-29)35-17-33-22-25(31-16-32-26(22)35)34-27(38)21-11-7-4-8-12-21/h3-12,16-17,23-24,28H,13-15H2,1-2H3,(H,31,32,34,38)/t23?,24?,28?,29-/m1/s1. The van der Waals surface area contributed by atoms with Crippen molar-refractivity contribution >= 4 is 65.2 Å². The Hall–Kier alpha value is -3.64. The lowest BCUT2D eigenvalue weighted by molar-refractivity contribution is -0.177. The molecule has 44 heavy (non-hydrogen) atoms. The highest BCUT2D eigenvalue weighted by Gasteiger charge is 2.60. The van der Waals surface area contributed by atoms with E-state index in [1.54, 1.807) is 28.8 Å². The molecule has 5 rings (SSSR count). The molecule has 0 radical (unpaired) electrons. The predicted octanol–water partition coefficient (Wildman–Crippen LogP) is 4.44. The predicted molar refractivity (Wildman–Crippen MR) is 167 cm³/mol. The van der Waals surface area contributed by atoms with Gasteiger partial charge in [-0.05, 0) is 17.7 Å². The molecule has 1 aliphatic rings. The molecule has 0 aliphatic carbocycles. The van der Waals surface area contributed by atoms with Crippen molar-refractivity contribution in [2.24, 2.45) is 0 Å². The number of hydrogen-bond donors (Lipinski definition) is 1. The summed E-state index contributed by atoms with van der Waals surface area (Å²) in [6.07, 6.45) is -0.332. The number of halogens is 1. The molecule has 13 nitrogen and oxygen atoms in total. The van der Waals surface area contributed by atoms with Crippen LogP contribution in [0.1, 0.15) is 36.0 Å². The number of fused-ring (bicyclic) bond motifs is 1. The van der Waals surface area contributed by atoms with Crippen molar-refractivity contribution in [3.8, 4) is 0 Å². The van der Waals surface area contributed by atoms with Gasteiger partial charge in [-0.3, -0.25) is 19.0 Å². The molecule has 1 saturated heterocycles. The van der Waals surface area contributed by atoms with E-state index in [4.69, 9.17) is 23.1 Å². The number of ether oxygens (including phenoxy) is 4. The van der Waals surface area contributed by atoms with Gasteiger partial charge in [0, 0.05) is 40.6 Å². The zero-order valence-corrected chi connectivity index (χ0v) is 26.6. The van der Waals surface area contributed by atoms with Gasteiger partial charge in [-0.2, -0.15) is 0 Å². The first-order valence-corrected chi connectivity index (χ1v) is 16.7. The largest absolute Gasteiger partial charge is 0.463 e. The average Bonchev–Trinajstić information content (AvgIpc) is 3.58. The molecule has 2 aromatic carbocycles. The van der Waals surface area contributed by atoms with E-state index in [2.05, 4.69) is 20.3 Å². The number of carbonyl (C=O) groups is 3. The lowest BCUT2D eigenvalue weighted by Gasteiger charge is -2.33. The van der Waals surface area contributed by atoms with Gasteiger partial charge in [0.15, 0.2) is 34.9 Å². The summed E-state index contributed by atoms with van der Waals surface area (Å²) in [5.41, 5.74) is 0.467. The molecular formula is C29H28IN5O8S. The molecule has 1 amide bonds. The maximum atomic E-state index is 12.9. The smallest absolute Gasteiger partial charge is 0.303 e. The lowest BCUT2D eigenvalue weighted by Crippen LogP contribution is -2.52. The second-order valence-electron chi connectivity index (χ2n) is 9.84. The molecule has 2 aromatic heterocycles. The van der Waals surface area contributed by atoms with Crippen molar-refractivity contribution < 1.29 is 37.5 Å². The van der Waals surface area contributed by atoms with Crippen LogP contribution in [0.4, 0.5) is 5.82 Å². The number of aromatic nitrogens is 4. The summed E-state index contributed by atoms with van der Waals surface area (Å²) in [5.74, 6) is -1.32. The lowest BCUT2D eigenvalue weighted by atomic mass is 9.96. The molecular weight excluding hydrogens is 705 g/mol. The molecule has 1 aliphatic heterocycles. The van der Waals surface area contributed by atoms with E-state index in [9.17, 15) is 14.4 Å². The zero-order valence-electron chi connectivity index (χ0n) is 23.6. The Bertz CT molecular complexity index is 1610. The Morgan fingerprint density at radius 2 is 1.73 bits per heavy atom. The van der Waals surface area contributed by atoms with Gasteiger partial charge in [-0.25, -0.2) is 15.0 Å². The van der Waals surface area contributed by atoms with Crippen LogP contribution in [0.5, 0.6) is 0 Å². The Morgan fingerprint density at radius 1 is 1.00 bits per heavy atom. The van der Waals surface area contributed by atoms with Gasteiger partial charge < -0.3 is 28.4 Å². The summed E-state index contributed by atoms with van der Waals surface area (Å²) < 4.78 is 31.6. The highest BCUT2D eigenvalue weighted by atomic mass is 127. The number of anilines is 1. The van der Waals surface area contributed by atoms with Gasteiger partial charge in [-0.1, -0.05) is 48.5 Å². The normalized spacial score (nSPS) is 21.2. The van der Waals surface area contributed by atoms with E-state index in [1.807, 2.05) is 57.6 Å². The van der Waals surface area contributed by atoms with Gasteiger partial charge in [0.25, 0.3) is 5.91 Å². The second kappa shape index (κ2) is 14.4. The molecule has 1 fully saturated rings. The summed E-state index contributed by atoms with van der Waals surface area (Å²) in [4.78, 5) is 50.4. The van der Waals surface area contributed by atoms with Crippen LogP contribution in [0.3, 0.4) is 0 Å². The van der Waals surface area contributed by atoms with Crippen LogP contribution in [0.25, 0.3) is 11.2 Å². The van der Waals surface area contributed by atoms with Gasteiger partial charge in [-0.15, -0.1) is 0 Å². The number of rotatable bonds is 12. The Morgan fingerprint density at radius 3 is 2.41 bits per heavy atom. The quantitative estimate of drug-likeness (QED) is 0.125. The topological polar surface area (TPSA) is 153 Å². The molecule has 4 aromatic rings. The van der Waals surface area contributed by atoms with Gasteiger partial charge in [0.05, 0.1) is 28.8 Å². The first-order chi connectivity index (χ1) is 21.3. The van der Waals surface area contributed by atoms with Crippen molar-refractivity contribution in [3.05, 3.63) is 84.4 Å². The molecule has 15 heteroatoms. The fraction of sp³-hybridized carbons (Fsp3) is 0.310. The summed E-state index contributed by atoms with van der Waals surface area (Å²) in [7, 11) is 1.07. The first-order valence-electron chi connectivity index (χ1n) is 13.4. The van der Waals surface area contributed by atoms with E-state index >= 15 is 0 Å². The Balaban J connectivity index is 1.54.